The van der Waals surface area contributed by atoms with Crippen LogP contribution >= 0.6 is 0 Å². The van der Waals surface area contributed by atoms with Crippen molar-refractivity contribution < 1.29 is 13.2 Å². The summed E-state index contributed by atoms with van der Waals surface area (Å²) in [6, 6.07) is 6.67. The molecule has 0 atom stereocenters. The van der Waals surface area contributed by atoms with E-state index < -0.39 is 10.0 Å². The molecular formula is C10H15N3O3S. The van der Waals surface area contributed by atoms with Gasteiger partial charge in [-0.25, -0.2) is 8.42 Å². The van der Waals surface area contributed by atoms with Gasteiger partial charge in [-0.2, -0.15) is 0 Å². The molecule has 0 aliphatic carbocycles. The number of nitrogens with zero attached hydrogens (tertiary/aromatic N) is 1. The molecule has 94 valence electrons. The first kappa shape index (κ1) is 13.3. The van der Waals surface area contributed by atoms with E-state index in [1.165, 1.54) is 7.11 Å². The standard InChI is InChI=1S/C10H15N3O3S/c1-16-9-6-4-3-5-8(9)13(7-10(11)12)17(2,14)15/h3-6H,7H2,1-2H3,(H3,11,12). The van der Waals surface area contributed by atoms with Crippen LogP contribution in [0.1, 0.15) is 0 Å². The Kier molecular flexibility index (Phi) is 3.95. The van der Waals surface area contributed by atoms with Gasteiger partial charge in [0.2, 0.25) is 10.0 Å². The van der Waals surface area contributed by atoms with E-state index in [2.05, 4.69) is 0 Å². The number of hydrogen-bond donors (Lipinski definition) is 2. The number of nitrogens with two attached hydrogens (primary N) is 1. The maximum Gasteiger partial charge on any atom is 0.232 e. The van der Waals surface area contributed by atoms with Crippen LogP contribution in [0.4, 0.5) is 5.69 Å². The van der Waals surface area contributed by atoms with E-state index in [4.69, 9.17) is 15.9 Å². The maximum absolute atomic E-state index is 11.7. The first-order valence-corrected chi connectivity index (χ1v) is 6.64. The van der Waals surface area contributed by atoms with Gasteiger partial charge in [-0.3, -0.25) is 9.71 Å². The highest BCUT2D eigenvalue weighted by atomic mass is 32.2. The van der Waals surface area contributed by atoms with Crippen LogP contribution in [0, 0.1) is 5.41 Å². The number of anilines is 1. The second-order valence-corrected chi connectivity index (χ2v) is 5.37. The normalized spacial score (nSPS) is 10.9. The maximum atomic E-state index is 11.7. The Morgan fingerprint density at radius 3 is 2.53 bits per heavy atom. The van der Waals surface area contributed by atoms with Gasteiger partial charge in [0.25, 0.3) is 0 Å². The molecule has 0 radical (unpaired) electrons. The minimum atomic E-state index is -3.51. The molecule has 3 N–H and O–H groups in total. The molecule has 0 heterocycles. The van der Waals surface area contributed by atoms with Crippen LogP contribution in [0.2, 0.25) is 0 Å². The molecule has 0 amide bonds. The quantitative estimate of drug-likeness (QED) is 0.589. The number of hydrogen-bond acceptors (Lipinski definition) is 4. The molecule has 0 aromatic heterocycles. The van der Waals surface area contributed by atoms with E-state index in [0.717, 1.165) is 10.6 Å². The topological polar surface area (TPSA) is 96.5 Å². The summed E-state index contributed by atoms with van der Waals surface area (Å²) in [4.78, 5) is 0. The Hall–Kier alpha value is -1.76. The Balaban J connectivity index is 3.27. The summed E-state index contributed by atoms with van der Waals surface area (Å²) in [5.74, 6) is 0.181. The molecule has 1 aromatic carbocycles. The van der Waals surface area contributed by atoms with Gasteiger partial charge in [-0.15, -0.1) is 0 Å². The van der Waals surface area contributed by atoms with Gasteiger partial charge in [0.05, 0.1) is 25.6 Å². The molecule has 0 aliphatic heterocycles. The summed E-state index contributed by atoms with van der Waals surface area (Å²) in [6.45, 7) is -0.195. The number of para-hydroxylation sites is 2. The number of amidine groups is 1. The van der Waals surface area contributed by atoms with Gasteiger partial charge in [-0.05, 0) is 12.1 Å². The highest BCUT2D eigenvalue weighted by Crippen LogP contribution is 2.28. The van der Waals surface area contributed by atoms with Crippen molar-refractivity contribution >= 4 is 21.5 Å². The molecule has 0 spiro atoms. The van der Waals surface area contributed by atoms with Crippen LogP contribution in [0.15, 0.2) is 24.3 Å². The van der Waals surface area contributed by atoms with Crippen LogP contribution in [0.3, 0.4) is 0 Å². The lowest BCUT2D eigenvalue weighted by molar-refractivity contribution is 0.415. The smallest absolute Gasteiger partial charge is 0.232 e. The molecule has 7 heteroatoms. The lowest BCUT2D eigenvalue weighted by Crippen LogP contribution is -2.37. The minimum absolute atomic E-state index is 0.195. The fourth-order valence-electron chi connectivity index (χ4n) is 1.37. The van der Waals surface area contributed by atoms with Crippen molar-refractivity contribution in [2.24, 2.45) is 5.73 Å². The third-order valence-corrected chi connectivity index (χ3v) is 3.19. The number of ether oxygens (including phenoxy) is 1. The van der Waals surface area contributed by atoms with Crippen molar-refractivity contribution in [1.82, 2.24) is 0 Å². The highest BCUT2D eigenvalue weighted by Gasteiger charge is 2.21. The largest absolute Gasteiger partial charge is 0.495 e. The third kappa shape index (κ3) is 3.35. The molecule has 1 rings (SSSR count). The summed E-state index contributed by atoms with van der Waals surface area (Å²) in [6.07, 6.45) is 1.06. The second kappa shape index (κ2) is 5.05. The summed E-state index contributed by atoms with van der Waals surface area (Å²) < 4.78 is 29.4. The SMILES string of the molecule is COc1ccccc1N(CC(=N)N)S(C)(=O)=O. The monoisotopic (exact) mass is 257 g/mol. The average molecular weight is 257 g/mol. The van der Waals surface area contributed by atoms with Crippen molar-refractivity contribution in [2.45, 2.75) is 0 Å². The number of rotatable bonds is 5. The van der Waals surface area contributed by atoms with Crippen molar-refractivity contribution in [2.75, 3.05) is 24.2 Å². The number of benzene rings is 1. The van der Waals surface area contributed by atoms with Gasteiger partial charge in [-0.1, -0.05) is 12.1 Å². The molecule has 17 heavy (non-hydrogen) atoms. The lowest BCUT2D eigenvalue weighted by atomic mass is 10.3. The van der Waals surface area contributed by atoms with Gasteiger partial charge < -0.3 is 10.5 Å². The fourth-order valence-corrected chi connectivity index (χ4v) is 2.25. The predicted octanol–water partition coefficient (Wildman–Crippen LogP) is 0.397. The summed E-state index contributed by atoms with van der Waals surface area (Å²) in [5.41, 5.74) is 5.62. The highest BCUT2D eigenvalue weighted by molar-refractivity contribution is 7.92. The fraction of sp³-hybridized carbons (Fsp3) is 0.300. The van der Waals surface area contributed by atoms with Crippen LogP contribution in [0.5, 0.6) is 5.75 Å². The minimum Gasteiger partial charge on any atom is -0.495 e. The molecule has 0 saturated carbocycles. The Bertz CT molecular complexity index is 513. The van der Waals surface area contributed by atoms with E-state index >= 15 is 0 Å². The van der Waals surface area contributed by atoms with E-state index in [1.54, 1.807) is 24.3 Å². The zero-order valence-corrected chi connectivity index (χ0v) is 10.5. The van der Waals surface area contributed by atoms with Crippen molar-refractivity contribution in [3.8, 4) is 5.75 Å². The number of sulfonamides is 1. The van der Waals surface area contributed by atoms with Gasteiger partial charge in [0.1, 0.15) is 11.6 Å². The molecule has 0 unspecified atom stereocenters. The van der Waals surface area contributed by atoms with E-state index in [-0.39, 0.29) is 12.4 Å². The Morgan fingerprint density at radius 1 is 1.47 bits per heavy atom. The third-order valence-electron chi connectivity index (χ3n) is 2.07. The molecule has 0 saturated heterocycles. The van der Waals surface area contributed by atoms with Gasteiger partial charge in [0, 0.05) is 0 Å². The second-order valence-electron chi connectivity index (χ2n) is 3.47. The van der Waals surface area contributed by atoms with Crippen LogP contribution < -0.4 is 14.8 Å². The summed E-state index contributed by atoms with van der Waals surface area (Å²) >= 11 is 0. The van der Waals surface area contributed by atoms with Crippen molar-refractivity contribution in [1.29, 1.82) is 5.41 Å². The zero-order chi connectivity index (χ0) is 13.1. The van der Waals surface area contributed by atoms with Gasteiger partial charge >= 0.3 is 0 Å². The molecule has 6 nitrogen and oxygen atoms in total. The van der Waals surface area contributed by atoms with Crippen LogP contribution in [-0.4, -0.2) is 34.2 Å². The van der Waals surface area contributed by atoms with Crippen molar-refractivity contribution in [3.63, 3.8) is 0 Å². The first-order chi connectivity index (χ1) is 7.86. The predicted molar refractivity (Wildman–Crippen MR) is 67.1 cm³/mol. The van der Waals surface area contributed by atoms with E-state index in [0.29, 0.717) is 11.4 Å². The molecular weight excluding hydrogens is 242 g/mol. The molecule has 1 aromatic rings. The summed E-state index contributed by atoms with van der Waals surface area (Å²) in [7, 11) is -2.06. The Labute approximate surface area is 101 Å². The molecule has 0 fully saturated rings. The average Bonchev–Trinajstić information content (AvgIpc) is 2.24. The summed E-state index contributed by atoms with van der Waals surface area (Å²) in [5, 5.41) is 7.21. The van der Waals surface area contributed by atoms with E-state index in [9.17, 15) is 8.42 Å². The van der Waals surface area contributed by atoms with E-state index in [1.807, 2.05) is 0 Å². The molecule has 0 bridgehead atoms. The number of methoxy groups -OCH3 is 1. The van der Waals surface area contributed by atoms with Crippen LogP contribution in [0.25, 0.3) is 0 Å². The number of nitrogens with one attached hydrogen (secondary N) is 1. The van der Waals surface area contributed by atoms with Crippen LogP contribution in [-0.2, 0) is 10.0 Å². The van der Waals surface area contributed by atoms with Gasteiger partial charge in [0.15, 0.2) is 0 Å². The lowest BCUT2D eigenvalue weighted by Gasteiger charge is -2.23. The first-order valence-electron chi connectivity index (χ1n) is 4.80. The molecule has 0 aliphatic rings. The zero-order valence-electron chi connectivity index (χ0n) is 9.67. The Morgan fingerprint density at radius 2 is 2.06 bits per heavy atom. The van der Waals surface area contributed by atoms with Crippen molar-refractivity contribution in [3.05, 3.63) is 24.3 Å².